The molecular weight excluding hydrogens is 453 g/mol. The Kier molecular flexibility index (Phi) is 8.62. The molecule has 8 heteroatoms. The first-order chi connectivity index (χ1) is 11.4. The number of hydrogen-bond donors (Lipinski definition) is 2. The molecule has 2 rings (SSSR count). The zero-order valence-electron chi connectivity index (χ0n) is 15.0. The van der Waals surface area contributed by atoms with Crippen molar-refractivity contribution in [1.29, 1.82) is 0 Å². The van der Waals surface area contributed by atoms with Crippen LogP contribution in [0.5, 0.6) is 0 Å². The molecule has 1 aromatic rings. The number of guanidine groups is 1. The van der Waals surface area contributed by atoms with E-state index in [1.165, 1.54) is 17.4 Å². The molecule has 0 aromatic heterocycles. The maximum absolute atomic E-state index is 12.3. The van der Waals surface area contributed by atoms with Gasteiger partial charge < -0.3 is 15.4 Å². The van der Waals surface area contributed by atoms with Gasteiger partial charge in [0.2, 0.25) is 0 Å². The molecule has 0 unspecified atom stereocenters. The fourth-order valence-corrected chi connectivity index (χ4v) is 4.12. The van der Waals surface area contributed by atoms with Crippen LogP contribution in [0, 0.1) is 6.92 Å². The van der Waals surface area contributed by atoms with Gasteiger partial charge in [0.25, 0.3) is 0 Å². The minimum Gasteiger partial charge on any atom is -0.381 e. The van der Waals surface area contributed by atoms with E-state index >= 15 is 0 Å². The highest BCUT2D eigenvalue weighted by Gasteiger charge is 2.42. The van der Waals surface area contributed by atoms with Crippen molar-refractivity contribution in [1.82, 2.24) is 10.6 Å². The third-order valence-corrected chi connectivity index (χ3v) is 6.83. The molecule has 25 heavy (non-hydrogen) atoms. The summed E-state index contributed by atoms with van der Waals surface area (Å²) in [4.78, 5) is 4.20. The first-order valence-corrected chi connectivity index (χ1v) is 10.0. The molecule has 0 atom stereocenters. The van der Waals surface area contributed by atoms with Crippen LogP contribution in [-0.4, -0.2) is 52.2 Å². The van der Waals surface area contributed by atoms with Gasteiger partial charge in [-0.3, -0.25) is 4.99 Å². The molecular formula is C17H28IN3O3S. The lowest BCUT2D eigenvalue weighted by atomic mass is 9.99. The quantitative estimate of drug-likeness (QED) is 0.382. The van der Waals surface area contributed by atoms with Gasteiger partial charge in [0, 0.05) is 39.6 Å². The summed E-state index contributed by atoms with van der Waals surface area (Å²) in [6.45, 7) is 3.99. The van der Waals surface area contributed by atoms with Gasteiger partial charge in [0.15, 0.2) is 15.8 Å². The van der Waals surface area contributed by atoms with E-state index < -0.39 is 14.6 Å². The maximum atomic E-state index is 12.3. The van der Waals surface area contributed by atoms with Crippen molar-refractivity contribution in [2.75, 3.05) is 33.1 Å². The van der Waals surface area contributed by atoms with Crippen LogP contribution in [0.1, 0.15) is 24.0 Å². The Morgan fingerprint density at radius 1 is 1.24 bits per heavy atom. The van der Waals surface area contributed by atoms with Crippen LogP contribution in [0.15, 0.2) is 29.3 Å². The molecule has 1 aromatic carbocycles. The third kappa shape index (κ3) is 5.82. The van der Waals surface area contributed by atoms with Gasteiger partial charge in [-0.25, -0.2) is 8.42 Å². The van der Waals surface area contributed by atoms with Crippen LogP contribution >= 0.6 is 24.0 Å². The molecule has 1 aliphatic heterocycles. The van der Waals surface area contributed by atoms with Crippen LogP contribution in [0.4, 0.5) is 0 Å². The lowest BCUT2D eigenvalue weighted by Crippen LogP contribution is -2.53. The number of aliphatic imine (C=N–C) groups is 1. The van der Waals surface area contributed by atoms with Crippen LogP contribution in [0.2, 0.25) is 0 Å². The van der Waals surface area contributed by atoms with Crippen molar-refractivity contribution in [3.8, 4) is 0 Å². The Morgan fingerprint density at radius 3 is 2.44 bits per heavy atom. The lowest BCUT2D eigenvalue weighted by Gasteiger charge is -2.35. The van der Waals surface area contributed by atoms with Gasteiger partial charge in [-0.1, -0.05) is 24.3 Å². The number of nitrogens with zero attached hydrogens (tertiary/aromatic N) is 1. The molecule has 1 fully saturated rings. The van der Waals surface area contributed by atoms with Crippen molar-refractivity contribution in [2.24, 2.45) is 4.99 Å². The monoisotopic (exact) mass is 481 g/mol. The van der Waals surface area contributed by atoms with Crippen LogP contribution in [-0.2, 0) is 21.1 Å². The summed E-state index contributed by atoms with van der Waals surface area (Å²) in [6.07, 6.45) is 2.32. The van der Waals surface area contributed by atoms with E-state index in [1.54, 1.807) is 7.05 Å². The highest BCUT2D eigenvalue weighted by atomic mass is 127. The lowest BCUT2D eigenvalue weighted by molar-refractivity contribution is 0.0756. The van der Waals surface area contributed by atoms with E-state index in [2.05, 4.69) is 34.7 Å². The molecule has 1 heterocycles. The summed E-state index contributed by atoms with van der Waals surface area (Å²) in [5.74, 6) is 0.604. The summed E-state index contributed by atoms with van der Waals surface area (Å²) in [5, 5.41) is 6.43. The standard InChI is InChI=1S/C17H27N3O3S.HI/c1-14-6-4-5-7-15(14)12-19-16(18-2)20-13-17(24(3,21)22)8-10-23-11-9-17;/h4-7H,8-13H2,1-3H3,(H2,18,19,20);1H. The van der Waals surface area contributed by atoms with Crippen LogP contribution < -0.4 is 10.6 Å². The third-order valence-electron chi connectivity index (χ3n) is 4.70. The second kappa shape index (κ2) is 9.72. The second-order valence-corrected chi connectivity index (χ2v) is 8.68. The Morgan fingerprint density at radius 2 is 1.88 bits per heavy atom. The molecule has 142 valence electrons. The number of nitrogens with one attached hydrogen (secondary N) is 2. The molecule has 1 saturated heterocycles. The molecule has 0 amide bonds. The number of halogens is 1. The highest BCUT2D eigenvalue weighted by Crippen LogP contribution is 2.28. The summed E-state index contributed by atoms with van der Waals surface area (Å²) < 4.78 is 29.1. The zero-order chi connectivity index (χ0) is 17.6. The van der Waals surface area contributed by atoms with E-state index in [-0.39, 0.29) is 24.0 Å². The first kappa shape index (κ1) is 22.2. The van der Waals surface area contributed by atoms with Gasteiger partial charge in [0.05, 0.1) is 4.75 Å². The van der Waals surface area contributed by atoms with Crippen molar-refractivity contribution < 1.29 is 13.2 Å². The Bertz CT molecular complexity index is 686. The van der Waals surface area contributed by atoms with Crippen molar-refractivity contribution in [3.63, 3.8) is 0 Å². The number of benzene rings is 1. The Hall–Kier alpha value is -0.870. The van der Waals surface area contributed by atoms with E-state index in [4.69, 9.17) is 4.74 Å². The zero-order valence-corrected chi connectivity index (χ0v) is 18.2. The average Bonchev–Trinajstić information content (AvgIpc) is 2.56. The van der Waals surface area contributed by atoms with E-state index in [0.29, 0.717) is 45.1 Å². The molecule has 0 spiro atoms. The number of rotatable bonds is 5. The van der Waals surface area contributed by atoms with Gasteiger partial charge in [-0.05, 0) is 30.9 Å². The Balaban J connectivity index is 0.00000312. The first-order valence-electron chi connectivity index (χ1n) is 8.14. The molecule has 0 aliphatic carbocycles. The number of ether oxygens (including phenoxy) is 1. The van der Waals surface area contributed by atoms with Gasteiger partial charge in [0.1, 0.15) is 0 Å². The maximum Gasteiger partial charge on any atom is 0.191 e. The second-order valence-electron chi connectivity index (χ2n) is 6.27. The van der Waals surface area contributed by atoms with Gasteiger partial charge >= 0.3 is 0 Å². The average molecular weight is 481 g/mol. The predicted molar refractivity (Wildman–Crippen MR) is 112 cm³/mol. The normalized spacial score (nSPS) is 17.5. The van der Waals surface area contributed by atoms with Crippen LogP contribution in [0.3, 0.4) is 0 Å². The molecule has 1 aliphatic rings. The predicted octanol–water partition coefficient (Wildman–Crippen LogP) is 1.87. The summed E-state index contributed by atoms with van der Waals surface area (Å²) in [6, 6.07) is 8.13. The smallest absolute Gasteiger partial charge is 0.191 e. The Labute approximate surface area is 167 Å². The highest BCUT2D eigenvalue weighted by molar-refractivity contribution is 14.0. The SMILES string of the molecule is CN=C(NCc1ccccc1C)NCC1(S(C)(=O)=O)CCOCC1.I. The molecule has 0 radical (unpaired) electrons. The van der Waals surface area contributed by atoms with Crippen molar-refractivity contribution in [3.05, 3.63) is 35.4 Å². The number of hydrogen-bond acceptors (Lipinski definition) is 4. The van der Waals surface area contributed by atoms with Crippen molar-refractivity contribution >= 4 is 39.8 Å². The van der Waals surface area contributed by atoms with Crippen LogP contribution in [0.25, 0.3) is 0 Å². The fourth-order valence-electron chi connectivity index (χ4n) is 2.87. The van der Waals surface area contributed by atoms with E-state index in [1.807, 2.05) is 12.1 Å². The number of aryl methyl sites for hydroxylation is 1. The van der Waals surface area contributed by atoms with Crippen molar-refractivity contribution in [2.45, 2.75) is 31.1 Å². The van der Waals surface area contributed by atoms with E-state index in [0.717, 1.165) is 0 Å². The van der Waals surface area contributed by atoms with Gasteiger partial charge in [-0.2, -0.15) is 0 Å². The topological polar surface area (TPSA) is 79.8 Å². The van der Waals surface area contributed by atoms with E-state index in [9.17, 15) is 8.42 Å². The summed E-state index contributed by atoms with van der Waals surface area (Å²) in [5.41, 5.74) is 2.39. The summed E-state index contributed by atoms with van der Waals surface area (Å²) >= 11 is 0. The number of sulfone groups is 1. The molecule has 0 saturated carbocycles. The largest absolute Gasteiger partial charge is 0.381 e. The molecule has 6 nitrogen and oxygen atoms in total. The summed E-state index contributed by atoms with van der Waals surface area (Å²) in [7, 11) is -1.51. The molecule has 2 N–H and O–H groups in total. The van der Waals surface area contributed by atoms with Gasteiger partial charge in [-0.15, -0.1) is 24.0 Å². The minimum absolute atomic E-state index is 0. The fraction of sp³-hybridized carbons (Fsp3) is 0.588. The minimum atomic E-state index is -3.19. The molecule has 0 bridgehead atoms.